The Morgan fingerprint density at radius 2 is 0.768 bits per heavy atom. The van der Waals surface area contributed by atoms with E-state index in [9.17, 15) is 9.59 Å². The zero-order valence-corrected chi connectivity index (χ0v) is 65.5. The van der Waals surface area contributed by atoms with Gasteiger partial charge in [-0.2, -0.15) is 15.1 Å². The van der Waals surface area contributed by atoms with Crippen molar-refractivity contribution in [1.29, 1.82) is 0 Å². The predicted octanol–water partition coefficient (Wildman–Crippen LogP) is 14.1. The molecule has 2 saturated heterocycles. The van der Waals surface area contributed by atoms with Crippen LogP contribution in [0.25, 0.3) is 91.2 Å². The minimum absolute atomic E-state index is 0.0489. The van der Waals surface area contributed by atoms with E-state index in [1.807, 2.05) is 224 Å². The molecule has 0 aliphatic carbocycles. The maximum absolute atomic E-state index is 12.9. The molecule has 2 aliphatic heterocycles. The summed E-state index contributed by atoms with van der Waals surface area (Å²) in [6.07, 6.45) is 6.94. The van der Waals surface area contributed by atoms with E-state index in [1.165, 1.54) is 0 Å². The average Bonchev–Trinajstić information content (AvgIpc) is 1.82. The summed E-state index contributed by atoms with van der Waals surface area (Å²) < 4.78 is 58.2. The van der Waals surface area contributed by atoms with Gasteiger partial charge in [0.25, 0.3) is 23.6 Å². The lowest BCUT2D eigenvalue weighted by Crippen LogP contribution is -2.47. The van der Waals surface area contributed by atoms with Crippen LogP contribution < -0.4 is 43.2 Å². The number of rotatable bonds is 26. The Hall–Kier alpha value is -12.6. The highest BCUT2D eigenvalue weighted by Gasteiger charge is 2.25. The number of aryl methyl sites for hydroxylation is 2. The average molecular weight is 1520 g/mol. The molecule has 2 aliphatic rings. The van der Waals surface area contributed by atoms with Crippen molar-refractivity contribution in [2.45, 2.75) is 69.2 Å². The number of hydrogen-bond acceptors (Lipinski definition) is 24. The summed E-state index contributed by atoms with van der Waals surface area (Å²) in [5.41, 5.74) is 10.1. The topological polar surface area (TPSA) is 306 Å². The number of likely N-dealkylation sites (N-methyl/N-ethyl adjacent to an activating group) is 1. The van der Waals surface area contributed by atoms with Crippen LogP contribution in [0.5, 0.6) is 46.0 Å². The Morgan fingerprint density at radius 1 is 0.393 bits per heavy atom. The van der Waals surface area contributed by atoms with Crippen LogP contribution in [0.2, 0.25) is 0 Å². The van der Waals surface area contributed by atoms with E-state index in [-0.39, 0.29) is 11.8 Å². The normalized spacial score (nSPS) is 12.6. The highest BCUT2D eigenvalue weighted by atomic mass is 16.5. The van der Waals surface area contributed by atoms with Crippen molar-refractivity contribution in [1.82, 2.24) is 80.2 Å². The third-order valence-corrected chi connectivity index (χ3v) is 17.9. The number of H-pyrrole nitrogens is 1. The van der Waals surface area contributed by atoms with Crippen LogP contribution >= 0.6 is 0 Å². The number of ether oxygens (including phenoxy) is 8. The Morgan fingerprint density at radius 3 is 1.20 bits per heavy atom. The number of aromatic amines is 1. The molecular weight excluding hydrogens is 1430 g/mol. The number of nitrogens with one attached hydrogen (secondary N) is 2. The first kappa shape index (κ1) is 80.5. The molecule has 0 unspecified atom stereocenters. The number of benzene rings is 6. The van der Waals surface area contributed by atoms with Crippen molar-refractivity contribution in [3.63, 3.8) is 0 Å². The Kier molecular flexibility index (Phi) is 28.5. The Bertz CT molecular complexity index is 5030. The number of pyridine rings is 2. The van der Waals surface area contributed by atoms with Gasteiger partial charge in [0.1, 0.15) is 0 Å². The van der Waals surface area contributed by atoms with Crippen molar-refractivity contribution in [2.24, 2.45) is 7.05 Å². The van der Waals surface area contributed by atoms with Gasteiger partial charge in [0.2, 0.25) is 11.6 Å². The summed E-state index contributed by atoms with van der Waals surface area (Å²) >= 11 is 0. The van der Waals surface area contributed by atoms with Gasteiger partial charge in [0.05, 0.1) is 52.9 Å². The van der Waals surface area contributed by atoms with Crippen molar-refractivity contribution < 1.29 is 56.5 Å². The van der Waals surface area contributed by atoms with Gasteiger partial charge in [-0.15, -0.1) is 10.2 Å². The molecule has 6 aromatic heterocycles. The van der Waals surface area contributed by atoms with E-state index in [0.717, 1.165) is 131 Å². The number of carbonyl (C=O) groups excluding carboxylic acids is 2. The van der Waals surface area contributed by atoms with Crippen molar-refractivity contribution in [3.8, 4) is 137 Å². The lowest BCUT2D eigenvalue weighted by Gasteiger charge is -2.32. The highest BCUT2D eigenvalue weighted by Crippen LogP contribution is 2.38. The molecule has 0 radical (unpaired) electrons. The molecule has 2 N–H and O–H groups in total. The summed E-state index contributed by atoms with van der Waals surface area (Å²) in [5, 5.41) is 27.5. The van der Waals surface area contributed by atoms with E-state index in [4.69, 9.17) is 46.9 Å². The van der Waals surface area contributed by atoms with Crippen molar-refractivity contribution in [2.75, 3.05) is 112 Å². The summed E-state index contributed by atoms with van der Waals surface area (Å²) in [7, 11) is 4.02. The second kappa shape index (κ2) is 39.7. The summed E-state index contributed by atoms with van der Waals surface area (Å²) in [6.45, 7) is 30.3. The van der Waals surface area contributed by atoms with Gasteiger partial charge in [-0.1, -0.05) is 22.4 Å². The van der Waals surface area contributed by atoms with Gasteiger partial charge in [-0.3, -0.25) is 24.7 Å². The van der Waals surface area contributed by atoms with Crippen LogP contribution in [-0.4, -0.2) is 199 Å². The molecule has 14 rings (SSSR count). The number of hydrogen-bond donors (Lipinski definition) is 2. The van der Waals surface area contributed by atoms with Gasteiger partial charge < -0.3 is 71.5 Å². The molecule has 0 spiro atoms. The fourth-order valence-corrected chi connectivity index (χ4v) is 12.3. The van der Waals surface area contributed by atoms with E-state index in [2.05, 4.69) is 72.9 Å². The largest absolute Gasteiger partial charge is 0.490 e. The van der Waals surface area contributed by atoms with Gasteiger partial charge in [0.15, 0.2) is 69.3 Å². The van der Waals surface area contributed by atoms with Crippen LogP contribution in [0.15, 0.2) is 167 Å². The molecule has 12 aromatic rings. The number of amides is 2. The highest BCUT2D eigenvalue weighted by molar-refractivity contribution is 5.96. The predicted molar refractivity (Wildman–Crippen MR) is 426 cm³/mol. The van der Waals surface area contributed by atoms with E-state index in [1.54, 1.807) is 24.8 Å². The summed E-state index contributed by atoms with van der Waals surface area (Å²) in [4.78, 5) is 53.4. The molecule has 2 fully saturated rings. The van der Waals surface area contributed by atoms with E-state index >= 15 is 0 Å². The first-order valence-corrected chi connectivity index (χ1v) is 37.8. The number of aromatic nitrogens is 12. The quantitative estimate of drug-likeness (QED) is 0.0509. The second-order valence-electron chi connectivity index (χ2n) is 25.5. The van der Waals surface area contributed by atoms with Gasteiger partial charge in [0, 0.05) is 140 Å². The molecule has 0 bridgehead atoms. The first-order valence-electron chi connectivity index (χ1n) is 37.8. The summed E-state index contributed by atoms with van der Waals surface area (Å²) in [6, 6.07) is 41.4. The lowest BCUT2D eigenvalue weighted by atomic mass is 10.0. The van der Waals surface area contributed by atoms with Crippen LogP contribution in [0, 0.1) is 13.8 Å². The number of piperazine rings is 2. The number of nitrogens with zero attached hydrogens (tertiary/aromatic N) is 14. The first-order chi connectivity index (χ1) is 54.6. The fraction of sp³-hybridized carbons (Fsp3) is 0.333. The molecule has 0 atom stereocenters. The molecular formula is C84H96N16O12. The SMILES string of the molecule is CCOc1ccc(-c2n[nH]c(-c3ccncc3)n2)cc1OCC.CCOc1ccc(-c2nc(-c3ccc(C(=O)N4CCN(C)CC4)cc3C)no2)cc1OCC.CCOc1ccc(-c2nc(-c3ccc(C(=O)N4CCNCC4)cc3C)no2)cc1OCC.CCOc1ccc(-c2nnc(-c3ccncc3)n2C)cc1OCC. The molecule has 28 heteroatoms. The molecule has 112 heavy (non-hydrogen) atoms. The zero-order valence-electron chi connectivity index (χ0n) is 65.5. The van der Waals surface area contributed by atoms with Crippen LogP contribution in [0.3, 0.4) is 0 Å². The molecule has 6 aromatic carbocycles. The van der Waals surface area contributed by atoms with E-state index in [0.29, 0.717) is 134 Å². The smallest absolute Gasteiger partial charge is 0.258 e. The molecule has 28 nitrogen and oxygen atoms in total. The van der Waals surface area contributed by atoms with E-state index < -0.39 is 0 Å². The fourth-order valence-electron chi connectivity index (χ4n) is 12.3. The maximum Gasteiger partial charge on any atom is 0.258 e. The zero-order chi connectivity index (χ0) is 78.9. The maximum atomic E-state index is 12.9. The summed E-state index contributed by atoms with van der Waals surface area (Å²) in [5.74, 6) is 10.2. The third kappa shape index (κ3) is 20.3. The van der Waals surface area contributed by atoms with Gasteiger partial charge in [-0.25, -0.2) is 4.98 Å². The van der Waals surface area contributed by atoms with Crippen LogP contribution in [0.1, 0.15) is 87.2 Å². The molecule has 584 valence electrons. The third-order valence-electron chi connectivity index (χ3n) is 17.9. The molecule has 0 saturated carbocycles. The van der Waals surface area contributed by atoms with Crippen molar-refractivity contribution >= 4 is 11.8 Å². The minimum Gasteiger partial charge on any atom is -0.490 e. The van der Waals surface area contributed by atoms with Crippen LogP contribution in [0.4, 0.5) is 0 Å². The minimum atomic E-state index is 0.0489. The molecule has 2 amide bonds. The standard InChI is InChI=1S/C25H30N4O4.C24H28N4O4.C18H20N4O2.C17H18N4O2/c1-5-31-21-10-8-18(16-22(21)32-6-2)24-26-23(27-33-24)20-9-7-19(15-17(20)3)25(30)29-13-11-28(4)12-14-29;1-4-30-20-9-7-17(15-21(20)31-5-2)23-26-22(27-32-23)19-8-6-18(14-16(19)3)24(29)28-12-10-25-11-13-28;1-4-23-15-7-6-14(12-16(15)24-5-2)18-21-20-17(22(18)3)13-8-10-19-11-9-13;1-3-22-14-6-5-13(11-15(14)23-4-2)17-19-16(20-21-17)12-7-9-18-10-8-12/h7-10,15-16H,5-6,11-14H2,1-4H3;6-9,14-15,25H,4-5,10-13H2,1-3H3;6-12H,4-5H2,1-3H3;5-11H,3-4H2,1-2H3,(H,19,20,21). The molecule has 8 heterocycles. The van der Waals surface area contributed by atoms with Gasteiger partial charge in [-0.05, 0) is 209 Å². The monoisotopic (exact) mass is 1520 g/mol. The lowest BCUT2D eigenvalue weighted by molar-refractivity contribution is 0.0663. The second-order valence-corrected chi connectivity index (χ2v) is 25.5. The van der Waals surface area contributed by atoms with Crippen LogP contribution in [-0.2, 0) is 7.05 Å². The number of carbonyl (C=O) groups is 2. The Balaban J connectivity index is 0.000000149. The Labute approximate surface area is 651 Å². The van der Waals surface area contributed by atoms with Gasteiger partial charge >= 0.3 is 0 Å². The van der Waals surface area contributed by atoms with Crippen molar-refractivity contribution in [3.05, 3.63) is 181 Å².